The van der Waals surface area contributed by atoms with Crippen LogP contribution in [0.1, 0.15) is 87.8 Å². The highest BCUT2D eigenvalue weighted by Crippen LogP contribution is 2.45. The molecule has 4 bridgehead atoms. The molecule has 2 aliphatic carbocycles. The summed E-state index contributed by atoms with van der Waals surface area (Å²) in [5, 5.41) is 4.79. The van der Waals surface area contributed by atoms with E-state index < -0.39 is 74.8 Å². The summed E-state index contributed by atoms with van der Waals surface area (Å²) >= 11 is 0. The first-order valence-electron chi connectivity index (χ1n) is 17.7. The maximum Gasteiger partial charge on any atom is 0.410 e. The monoisotopic (exact) mass is 713 g/mol. The third-order valence-corrected chi connectivity index (χ3v) is 12.3. The molecule has 0 radical (unpaired) electrons. The van der Waals surface area contributed by atoms with Crippen LogP contribution in [0.2, 0.25) is 0 Å². The van der Waals surface area contributed by atoms with Crippen molar-refractivity contribution in [3.8, 4) is 0 Å². The van der Waals surface area contributed by atoms with Crippen LogP contribution in [0.15, 0.2) is 30.9 Å². The van der Waals surface area contributed by atoms with Gasteiger partial charge in [0.25, 0.3) is 5.91 Å². The van der Waals surface area contributed by atoms with Gasteiger partial charge in [0.1, 0.15) is 23.7 Å². The third kappa shape index (κ3) is 7.62. The number of benzene rings is 1. The zero-order valence-electron chi connectivity index (χ0n) is 28.5. The number of unbranched alkanes of at least 4 members (excludes halogenated alkanes) is 1. The SMILES string of the molecule is C=C[C@@H]1C[C@@]1(NC(=O)[C@@H]1C[C@@H]2CN1C(=O)[C@H](CCCC)NC(=O)OCCCCCc1cccc3c1CN(C3)C(=O)O2)C(=O)NS(=O)(=O)C1CC1. The fourth-order valence-electron chi connectivity index (χ4n) is 7.27. The molecule has 0 spiro atoms. The lowest BCUT2D eigenvalue weighted by Gasteiger charge is -2.29. The molecule has 272 valence electrons. The molecule has 0 unspecified atom stereocenters. The summed E-state index contributed by atoms with van der Waals surface area (Å²) in [6.07, 6.45) is 5.13. The lowest BCUT2D eigenvalue weighted by molar-refractivity contribution is -0.141. The molecule has 14 nitrogen and oxygen atoms in total. The zero-order chi connectivity index (χ0) is 35.6. The number of alkyl carbamates (subject to hydrolysis) is 1. The number of fused-ring (bicyclic) bond motifs is 3. The number of nitrogens with zero attached hydrogens (tertiary/aromatic N) is 2. The Bertz CT molecular complexity index is 1650. The molecule has 5 aliphatic rings. The van der Waals surface area contributed by atoms with E-state index >= 15 is 0 Å². The van der Waals surface area contributed by atoms with E-state index in [1.807, 2.05) is 19.1 Å². The van der Waals surface area contributed by atoms with Crippen molar-refractivity contribution in [1.82, 2.24) is 25.2 Å². The zero-order valence-corrected chi connectivity index (χ0v) is 29.3. The van der Waals surface area contributed by atoms with Gasteiger partial charge < -0.3 is 25.0 Å². The van der Waals surface area contributed by atoms with Gasteiger partial charge in [0.05, 0.1) is 18.4 Å². The summed E-state index contributed by atoms with van der Waals surface area (Å²) in [4.78, 5) is 70.9. The van der Waals surface area contributed by atoms with Crippen molar-refractivity contribution in [3.63, 3.8) is 0 Å². The normalized spacial score (nSPS) is 28.7. The van der Waals surface area contributed by atoms with Crippen LogP contribution >= 0.6 is 0 Å². The van der Waals surface area contributed by atoms with E-state index in [-0.39, 0.29) is 32.4 Å². The average molecular weight is 714 g/mol. The maximum absolute atomic E-state index is 14.2. The van der Waals surface area contributed by atoms with E-state index in [1.54, 1.807) is 4.90 Å². The van der Waals surface area contributed by atoms with Crippen LogP contribution in [0.5, 0.6) is 0 Å². The van der Waals surface area contributed by atoms with Gasteiger partial charge in [-0.3, -0.25) is 24.0 Å². The van der Waals surface area contributed by atoms with Crippen molar-refractivity contribution in [2.45, 2.75) is 120 Å². The van der Waals surface area contributed by atoms with Gasteiger partial charge >= 0.3 is 12.2 Å². The minimum Gasteiger partial charge on any atom is -0.450 e. The molecule has 5 amide bonds. The number of rotatable bonds is 9. The fraction of sp³-hybridized carbons (Fsp3) is 0.629. The quantitative estimate of drug-likeness (QED) is 0.325. The summed E-state index contributed by atoms with van der Waals surface area (Å²) in [5.74, 6) is -2.62. The second kappa shape index (κ2) is 14.6. The van der Waals surface area contributed by atoms with Gasteiger partial charge in [-0.1, -0.05) is 44.0 Å². The summed E-state index contributed by atoms with van der Waals surface area (Å²) in [7, 11) is -3.89. The van der Waals surface area contributed by atoms with Crippen LogP contribution in [0.3, 0.4) is 0 Å². The topological polar surface area (TPSA) is 181 Å². The van der Waals surface area contributed by atoms with E-state index in [1.165, 1.54) is 11.0 Å². The highest BCUT2D eigenvalue weighted by molar-refractivity contribution is 7.91. The number of sulfonamides is 1. The van der Waals surface area contributed by atoms with Gasteiger partial charge in [0.2, 0.25) is 21.8 Å². The second-order valence-corrected chi connectivity index (χ2v) is 16.1. The van der Waals surface area contributed by atoms with Crippen molar-refractivity contribution in [1.29, 1.82) is 0 Å². The number of hydrogen-bond donors (Lipinski definition) is 3. The molecule has 3 fully saturated rings. The molecular formula is C35H47N5O9S. The van der Waals surface area contributed by atoms with Crippen LogP contribution < -0.4 is 15.4 Å². The lowest BCUT2D eigenvalue weighted by atomic mass is 9.99. The molecule has 1 saturated heterocycles. The Morgan fingerprint density at radius 1 is 1.12 bits per heavy atom. The van der Waals surface area contributed by atoms with E-state index in [9.17, 15) is 32.4 Å². The Kier molecular flexibility index (Phi) is 10.4. The molecule has 3 aliphatic heterocycles. The van der Waals surface area contributed by atoms with Crippen LogP contribution in [0.25, 0.3) is 0 Å². The molecule has 3 N–H and O–H groups in total. The van der Waals surface area contributed by atoms with E-state index in [0.717, 1.165) is 42.4 Å². The highest BCUT2D eigenvalue weighted by atomic mass is 32.2. The van der Waals surface area contributed by atoms with Crippen molar-refractivity contribution in [3.05, 3.63) is 47.5 Å². The van der Waals surface area contributed by atoms with Crippen LogP contribution in [-0.2, 0) is 53.4 Å². The molecule has 50 heavy (non-hydrogen) atoms. The van der Waals surface area contributed by atoms with E-state index in [0.29, 0.717) is 38.8 Å². The highest BCUT2D eigenvalue weighted by Gasteiger charge is 2.62. The number of carbonyl (C=O) groups excluding carboxylic acids is 5. The Balaban J connectivity index is 1.25. The van der Waals surface area contributed by atoms with Gasteiger partial charge in [0, 0.05) is 25.4 Å². The van der Waals surface area contributed by atoms with Crippen LogP contribution in [0, 0.1) is 5.92 Å². The van der Waals surface area contributed by atoms with Crippen molar-refractivity contribution < 1.29 is 41.9 Å². The summed E-state index contributed by atoms with van der Waals surface area (Å²) < 4.78 is 38.7. The molecule has 2 saturated carbocycles. The molecule has 1 aromatic rings. The molecule has 15 heteroatoms. The van der Waals surface area contributed by atoms with Crippen LogP contribution in [-0.4, -0.2) is 90.3 Å². The summed E-state index contributed by atoms with van der Waals surface area (Å²) in [5.41, 5.74) is 1.73. The first-order valence-corrected chi connectivity index (χ1v) is 19.3. The minimum atomic E-state index is -3.89. The first kappa shape index (κ1) is 35.7. The Morgan fingerprint density at radius 2 is 1.90 bits per heavy atom. The standard InChI is InChI=1S/C35H47N5O9S/c1-3-5-13-28-31(42)40-20-25(17-29(40)30(41)37-35(18-24(35)4-2)32(43)38-50(46,47)26-14-15-26)49-34(45)39-19-23-12-9-11-22(27(23)21-39)10-7-6-8-16-48-33(44)36-28/h4,9,11-12,24-26,28-29H,2-3,5-8,10,13-21H2,1H3,(H,36,44)(H,37,41)(H,38,43)/t24-,25-,28+,29+,35+/m1/s1. The number of ether oxygens (including phenoxy) is 2. The smallest absolute Gasteiger partial charge is 0.410 e. The Morgan fingerprint density at radius 3 is 2.62 bits per heavy atom. The maximum atomic E-state index is 14.2. The number of aryl methyl sites for hydroxylation is 1. The minimum absolute atomic E-state index is 0.0584. The van der Waals surface area contributed by atoms with Gasteiger partial charge in [0.15, 0.2) is 0 Å². The number of amides is 5. The summed E-state index contributed by atoms with van der Waals surface area (Å²) in [6, 6.07) is 3.85. The number of nitrogens with one attached hydrogen (secondary N) is 3. The number of cyclic esters (lactones) is 1. The predicted octanol–water partition coefficient (Wildman–Crippen LogP) is 2.79. The number of carbonyl (C=O) groups is 5. The van der Waals surface area contributed by atoms with Crippen molar-refractivity contribution in [2.75, 3.05) is 13.2 Å². The lowest BCUT2D eigenvalue weighted by Crippen LogP contribution is -2.58. The third-order valence-electron chi connectivity index (χ3n) is 10.5. The average Bonchev–Trinajstić information content (AvgIpc) is 3.98. The van der Waals surface area contributed by atoms with Crippen molar-refractivity contribution in [2.24, 2.45) is 5.92 Å². The van der Waals surface area contributed by atoms with E-state index in [2.05, 4.69) is 28.0 Å². The summed E-state index contributed by atoms with van der Waals surface area (Å²) in [6.45, 7) is 6.53. The predicted molar refractivity (Wildman–Crippen MR) is 181 cm³/mol. The van der Waals surface area contributed by atoms with Crippen molar-refractivity contribution >= 4 is 39.9 Å². The second-order valence-electron chi connectivity index (χ2n) is 14.1. The van der Waals surface area contributed by atoms with Crippen LogP contribution in [0.4, 0.5) is 9.59 Å². The van der Waals surface area contributed by atoms with E-state index in [4.69, 9.17) is 9.47 Å². The first-order chi connectivity index (χ1) is 24.0. The van der Waals surface area contributed by atoms with Gasteiger partial charge in [-0.05, 0) is 68.1 Å². The van der Waals surface area contributed by atoms with Gasteiger partial charge in [-0.25, -0.2) is 18.0 Å². The Labute approximate surface area is 292 Å². The fourth-order valence-corrected chi connectivity index (χ4v) is 8.64. The number of hydrogen-bond acceptors (Lipinski definition) is 9. The van der Waals surface area contributed by atoms with Gasteiger partial charge in [-0.2, -0.15) is 0 Å². The van der Waals surface area contributed by atoms with Gasteiger partial charge in [-0.15, -0.1) is 6.58 Å². The molecular weight excluding hydrogens is 666 g/mol. The molecule has 3 heterocycles. The largest absolute Gasteiger partial charge is 0.450 e. The molecule has 6 rings (SSSR count). The molecule has 5 atom stereocenters. The molecule has 0 aromatic heterocycles. The Hall–Kier alpha value is -4.14. The molecule has 1 aromatic carbocycles.